The fraction of sp³-hybridized carbons (Fsp3) is 0.476. The van der Waals surface area contributed by atoms with E-state index in [4.69, 9.17) is 0 Å². The monoisotopic (exact) mass is 382 g/mol. The van der Waals surface area contributed by atoms with Gasteiger partial charge in [0, 0.05) is 18.5 Å². The first-order valence-electron chi connectivity index (χ1n) is 9.61. The highest BCUT2D eigenvalue weighted by atomic mass is 32.2. The van der Waals surface area contributed by atoms with Gasteiger partial charge < -0.3 is 4.90 Å². The van der Waals surface area contributed by atoms with Gasteiger partial charge in [0.2, 0.25) is 5.91 Å². The SMILES string of the molecule is Cc1ccc(C)c2c1cc(C)c1nnc(SCC(=O)N3CCC[C@@H](C)C3)n12. The molecule has 3 aromatic rings. The molecule has 5 nitrogen and oxygen atoms in total. The number of amides is 1. The van der Waals surface area contributed by atoms with E-state index >= 15 is 0 Å². The third kappa shape index (κ3) is 3.31. The quantitative estimate of drug-likeness (QED) is 0.638. The Balaban J connectivity index is 1.68. The second-order valence-corrected chi connectivity index (χ2v) is 8.75. The molecule has 27 heavy (non-hydrogen) atoms. The zero-order chi connectivity index (χ0) is 19.1. The van der Waals surface area contributed by atoms with Crippen molar-refractivity contribution in [3.05, 3.63) is 34.9 Å². The third-order valence-electron chi connectivity index (χ3n) is 5.54. The van der Waals surface area contributed by atoms with Crippen molar-refractivity contribution in [1.82, 2.24) is 19.5 Å². The summed E-state index contributed by atoms with van der Waals surface area (Å²) < 4.78 is 2.13. The van der Waals surface area contributed by atoms with Crippen LogP contribution in [0.15, 0.2) is 23.4 Å². The standard InChI is InChI=1S/C21H26N4OS/c1-13-6-5-9-24(11-13)18(26)12-27-21-23-22-20-16(4)10-17-14(2)7-8-15(3)19(17)25(20)21/h7-8,10,13H,5-6,9,11-12H2,1-4H3/t13-/m1/s1. The van der Waals surface area contributed by atoms with E-state index in [-0.39, 0.29) is 5.91 Å². The van der Waals surface area contributed by atoms with Crippen LogP contribution in [0.3, 0.4) is 0 Å². The van der Waals surface area contributed by atoms with Gasteiger partial charge in [-0.15, -0.1) is 10.2 Å². The van der Waals surface area contributed by atoms with E-state index in [0.717, 1.165) is 41.4 Å². The Kier molecular flexibility index (Phi) is 4.84. The summed E-state index contributed by atoms with van der Waals surface area (Å²) in [5.74, 6) is 1.21. The molecule has 0 saturated carbocycles. The minimum absolute atomic E-state index is 0.202. The highest BCUT2D eigenvalue weighted by molar-refractivity contribution is 7.99. The Morgan fingerprint density at radius 2 is 1.96 bits per heavy atom. The van der Waals surface area contributed by atoms with Crippen molar-refractivity contribution in [2.45, 2.75) is 45.7 Å². The fourth-order valence-corrected chi connectivity index (χ4v) is 4.87. The summed E-state index contributed by atoms with van der Waals surface area (Å²) in [5.41, 5.74) is 5.55. The molecule has 0 spiro atoms. The van der Waals surface area contributed by atoms with E-state index in [2.05, 4.69) is 60.5 Å². The van der Waals surface area contributed by atoms with Gasteiger partial charge in [-0.3, -0.25) is 9.20 Å². The van der Waals surface area contributed by atoms with Gasteiger partial charge in [-0.2, -0.15) is 0 Å². The topological polar surface area (TPSA) is 50.5 Å². The number of piperidine rings is 1. The number of hydrogen-bond acceptors (Lipinski definition) is 4. The highest BCUT2D eigenvalue weighted by Crippen LogP contribution is 2.29. The molecule has 1 fully saturated rings. The van der Waals surface area contributed by atoms with Gasteiger partial charge in [0.25, 0.3) is 0 Å². The number of likely N-dealkylation sites (tertiary alicyclic amines) is 1. The number of rotatable bonds is 3. The molecule has 0 bridgehead atoms. The first kappa shape index (κ1) is 18.3. The first-order chi connectivity index (χ1) is 13.0. The number of pyridine rings is 1. The van der Waals surface area contributed by atoms with Gasteiger partial charge in [-0.25, -0.2) is 0 Å². The van der Waals surface area contributed by atoms with E-state index in [1.165, 1.54) is 34.7 Å². The zero-order valence-corrected chi connectivity index (χ0v) is 17.3. The molecule has 3 heterocycles. The number of fused-ring (bicyclic) bond motifs is 3. The summed E-state index contributed by atoms with van der Waals surface area (Å²) in [4.78, 5) is 14.7. The minimum atomic E-state index is 0.202. The molecule has 1 aliphatic heterocycles. The molecule has 0 radical (unpaired) electrons. The van der Waals surface area contributed by atoms with Crippen molar-refractivity contribution in [3.63, 3.8) is 0 Å². The predicted molar refractivity (Wildman–Crippen MR) is 110 cm³/mol. The number of nitrogens with zero attached hydrogens (tertiary/aromatic N) is 4. The lowest BCUT2D eigenvalue weighted by molar-refractivity contribution is -0.130. The van der Waals surface area contributed by atoms with Crippen LogP contribution < -0.4 is 0 Å². The van der Waals surface area contributed by atoms with Crippen molar-refractivity contribution >= 4 is 34.2 Å². The van der Waals surface area contributed by atoms with E-state index in [0.29, 0.717) is 11.7 Å². The fourth-order valence-electron chi connectivity index (χ4n) is 4.03. The Bertz CT molecular complexity index is 1030. The molecule has 1 amide bonds. The number of aryl methyl sites for hydroxylation is 3. The van der Waals surface area contributed by atoms with Gasteiger partial charge >= 0.3 is 0 Å². The van der Waals surface area contributed by atoms with Crippen LogP contribution in [0.5, 0.6) is 0 Å². The molecule has 0 aliphatic carbocycles. The van der Waals surface area contributed by atoms with Crippen LogP contribution in [-0.2, 0) is 4.79 Å². The maximum Gasteiger partial charge on any atom is 0.233 e. The molecule has 0 N–H and O–H groups in total. The normalized spacial score (nSPS) is 17.8. The molecule has 0 unspecified atom stereocenters. The Morgan fingerprint density at radius 1 is 1.19 bits per heavy atom. The van der Waals surface area contributed by atoms with Gasteiger partial charge in [0.1, 0.15) is 0 Å². The molecule has 1 aliphatic rings. The van der Waals surface area contributed by atoms with Crippen molar-refractivity contribution in [2.75, 3.05) is 18.8 Å². The van der Waals surface area contributed by atoms with Crippen molar-refractivity contribution in [3.8, 4) is 0 Å². The van der Waals surface area contributed by atoms with Crippen molar-refractivity contribution < 1.29 is 4.79 Å². The third-order valence-corrected chi connectivity index (χ3v) is 6.46. The smallest absolute Gasteiger partial charge is 0.233 e. The second kappa shape index (κ2) is 7.15. The van der Waals surface area contributed by atoms with Crippen LogP contribution >= 0.6 is 11.8 Å². The van der Waals surface area contributed by atoms with Crippen molar-refractivity contribution in [2.24, 2.45) is 5.92 Å². The summed E-state index contributed by atoms with van der Waals surface area (Å²) in [5, 5.41) is 10.8. The highest BCUT2D eigenvalue weighted by Gasteiger charge is 2.22. The lowest BCUT2D eigenvalue weighted by Gasteiger charge is -2.30. The lowest BCUT2D eigenvalue weighted by atomic mass is 10.0. The molecule has 142 valence electrons. The van der Waals surface area contributed by atoms with E-state index in [1.54, 1.807) is 0 Å². The van der Waals surface area contributed by atoms with Crippen LogP contribution in [-0.4, -0.2) is 44.2 Å². The molecule has 6 heteroatoms. The maximum atomic E-state index is 12.7. The summed E-state index contributed by atoms with van der Waals surface area (Å²) in [7, 11) is 0. The first-order valence-corrected chi connectivity index (χ1v) is 10.6. The number of benzene rings is 1. The summed E-state index contributed by atoms with van der Waals surface area (Å²) >= 11 is 1.50. The number of aromatic nitrogens is 3. The van der Waals surface area contributed by atoms with Gasteiger partial charge in [-0.05, 0) is 62.3 Å². The summed E-state index contributed by atoms with van der Waals surface area (Å²) in [6, 6.07) is 6.48. The summed E-state index contributed by atoms with van der Waals surface area (Å²) in [6.45, 7) is 10.3. The van der Waals surface area contributed by atoms with Crippen LogP contribution in [0.2, 0.25) is 0 Å². The Hall–Kier alpha value is -2.08. The summed E-state index contributed by atoms with van der Waals surface area (Å²) in [6.07, 6.45) is 2.32. The van der Waals surface area contributed by atoms with Crippen LogP contribution in [0, 0.1) is 26.7 Å². The van der Waals surface area contributed by atoms with E-state index in [9.17, 15) is 4.79 Å². The van der Waals surface area contributed by atoms with E-state index in [1.807, 2.05) is 4.90 Å². The maximum absolute atomic E-state index is 12.7. The zero-order valence-electron chi connectivity index (χ0n) is 16.5. The second-order valence-electron chi connectivity index (χ2n) is 7.81. The molecule has 1 aromatic carbocycles. The largest absolute Gasteiger partial charge is 0.342 e. The lowest BCUT2D eigenvalue weighted by Crippen LogP contribution is -2.40. The van der Waals surface area contributed by atoms with Gasteiger partial charge in [-0.1, -0.05) is 30.8 Å². The Labute approximate surface area is 164 Å². The average molecular weight is 383 g/mol. The average Bonchev–Trinajstić information content (AvgIpc) is 3.07. The van der Waals surface area contributed by atoms with Crippen LogP contribution in [0.4, 0.5) is 0 Å². The van der Waals surface area contributed by atoms with Crippen LogP contribution in [0.1, 0.15) is 36.5 Å². The molecule has 4 rings (SSSR count). The predicted octanol–water partition coefficient (Wildman–Crippen LogP) is 4.16. The number of carbonyl (C=O) groups is 1. The Morgan fingerprint density at radius 3 is 2.74 bits per heavy atom. The van der Waals surface area contributed by atoms with Crippen LogP contribution in [0.25, 0.3) is 16.6 Å². The molecule has 1 saturated heterocycles. The number of thioether (sulfide) groups is 1. The molecule has 1 atom stereocenters. The number of carbonyl (C=O) groups excluding carboxylic acids is 1. The van der Waals surface area contributed by atoms with Crippen molar-refractivity contribution in [1.29, 1.82) is 0 Å². The molecule has 2 aromatic heterocycles. The molecular formula is C21H26N4OS. The molecular weight excluding hydrogens is 356 g/mol. The van der Waals surface area contributed by atoms with Gasteiger partial charge in [0.05, 0.1) is 11.3 Å². The minimum Gasteiger partial charge on any atom is -0.342 e. The number of hydrogen-bond donors (Lipinski definition) is 0. The van der Waals surface area contributed by atoms with Gasteiger partial charge in [0.15, 0.2) is 10.8 Å². The van der Waals surface area contributed by atoms with E-state index < -0.39 is 0 Å².